The van der Waals surface area contributed by atoms with Crippen molar-refractivity contribution in [2.75, 3.05) is 32.7 Å². The van der Waals surface area contributed by atoms with E-state index in [2.05, 4.69) is 143 Å². The molecular formula is C55H67I2N11O5. The zero-order valence-electron chi connectivity index (χ0n) is 42.0. The van der Waals surface area contributed by atoms with Gasteiger partial charge in [0, 0.05) is 162 Å². The lowest BCUT2D eigenvalue weighted by Crippen LogP contribution is -2.39. The highest BCUT2D eigenvalue weighted by molar-refractivity contribution is 15.0. The molecule has 2 aliphatic heterocycles. The minimum absolute atomic E-state index is 0.0388. The molecule has 386 valence electrons. The van der Waals surface area contributed by atoms with Crippen molar-refractivity contribution in [2.24, 2.45) is 17.6 Å². The molecule has 16 nitrogen and oxygen atoms in total. The first-order valence-corrected chi connectivity index (χ1v) is 31.1. The summed E-state index contributed by atoms with van der Waals surface area (Å²) in [7, 11) is 0. The maximum atomic E-state index is 12.8. The van der Waals surface area contributed by atoms with E-state index >= 15 is 0 Å². The van der Waals surface area contributed by atoms with Crippen molar-refractivity contribution in [3.05, 3.63) is 156 Å². The van der Waals surface area contributed by atoms with Crippen molar-refractivity contribution in [2.45, 2.75) is 91.8 Å². The van der Waals surface area contributed by atoms with Crippen molar-refractivity contribution in [1.29, 1.82) is 0 Å². The Labute approximate surface area is 450 Å². The van der Waals surface area contributed by atoms with Gasteiger partial charge in [-0.1, -0.05) is 76.2 Å². The topological polar surface area (TPSA) is 198 Å². The summed E-state index contributed by atoms with van der Waals surface area (Å²) >= 11 is 4.24. The van der Waals surface area contributed by atoms with Crippen molar-refractivity contribution in [3.8, 4) is 22.3 Å². The van der Waals surface area contributed by atoms with Crippen LogP contribution >= 0.6 is 37.2 Å². The molecule has 6 aromatic heterocycles. The van der Waals surface area contributed by atoms with Crippen LogP contribution in [0.3, 0.4) is 0 Å². The predicted molar refractivity (Wildman–Crippen MR) is 303 cm³/mol. The molecule has 2 atom stereocenters. The summed E-state index contributed by atoms with van der Waals surface area (Å²) in [6.07, 6.45) is 16.8. The van der Waals surface area contributed by atoms with Gasteiger partial charge < -0.3 is 29.9 Å². The number of carbonyl (C=O) groups excluding carboxylic acids is 1. The summed E-state index contributed by atoms with van der Waals surface area (Å²) in [4.78, 5) is 36.8. The van der Waals surface area contributed by atoms with Crippen LogP contribution in [0.5, 0.6) is 0 Å². The van der Waals surface area contributed by atoms with Crippen LogP contribution in [0.4, 0.5) is 0 Å². The van der Waals surface area contributed by atoms with E-state index in [1.54, 1.807) is 10.6 Å². The first-order valence-electron chi connectivity index (χ1n) is 24.8. The van der Waals surface area contributed by atoms with Gasteiger partial charge in [-0.25, -0.2) is 14.8 Å². The number of fused-ring (bicyclic) bond motifs is 4. The Morgan fingerprint density at radius 3 is 1.51 bits per heavy atom. The molecular weight excluding hydrogens is 1150 g/mol. The third kappa shape index (κ3) is 15.6. The molecule has 73 heavy (non-hydrogen) atoms. The minimum atomic E-state index is -1.02. The molecule has 0 unspecified atom stereocenters. The average molecular weight is 1220 g/mol. The molecule has 0 fully saturated rings. The Kier molecular flexibility index (Phi) is 20.3. The van der Waals surface area contributed by atoms with E-state index < -0.39 is 18.2 Å². The van der Waals surface area contributed by atoms with Crippen LogP contribution in [0.1, 0.15) is 83.8 Å². The lowest BCUT2D eigenvalue weighted by atomic mass is 9.99. The van der Waals surface area contributed by atoms with Crippen LogP contribution in [-0.4, -0.2) is 120 Å². The lowest BCUT2D eigenvalue weighted by Gasteiger charge is -2.30. The molecule has 0 amide bonds. The van der Waals surface area contributed by atoms with Gasteiger partial charge in [-0.15, -0.1) is 0 Å². The summed E-state index contributed by atoms with van der Waals surface area (Å²) < 4.78 is 7.49. The monoisotopic (exact) mass is 1220 g/mol. The van der Waals surface area contributed by atoms with Gasteiger partial charge in [0.2, 0.25) is 0 Å². The number of aromatic nitrogens is 8. The second-order valence-electron chi connectivity index (χ2n) is 19.6. The number of Topliss-reactive ketones (excluding diaryl/α,β-unsaturated/α-hetero) is 1. The highest BCUT2D eigenvalue weighted by atomic mass is 128. The number of halogens is 2. The number of ketones is 1. The molecule has 0 radical (unpaired) electrons. The van der Waals surface area contributed by atoms with Crippen LogP contribution < -0.4 is 5.73 Å². The Balaban J connectivity index is 0.000000174. The smallest absolute Gasteiger partial charge is 0.356 e. The number of hydrogen-bond acceptors (Lipinski definition) is 11. The number of nitrogens with zero attached hydrogens (tertiary/aromatic N) is 10. The number of nitrogens with two attached hydrogens (primary N) is 1. The van der Waals surface area contributed by atoms with Crippen LogP contribution in [-0.2, 0) is 39.0 Å². The molecule has 0 spiro atoms. The Hall–Kier alpha value is -5.36. The van der Waals surface area contributed by atoms with Crippen LogP contribution in [0.25, 0.3) is 33.5 Å². The highest BCUT2D eigenvalue weighted by Gasteiger charge is 2.21. The van der Waals surface area contributed by atoms with E-state index in [0.717, 1.165) is 80.0 Å². The number of aliphatic hydroxyl groups excluding tert-OH is 2. The van der Waals surface area contributed by atoms with Crippen molar-refractivity contribution in [1.82, 2.24) is 48.1 Å². The van der Waals surface area contributed by atoms with Crippen molar-refractivity contribution < 1.29 is 24.9 Å². The van der Waals surface area contributed by atoms with E-state index in [1.807, 2.05) is 75.2 Å². The first-order chi connectivity index (χ1) is 35.3. The van der Waals surface area contributed by atoms with Crippen LogP contribution in [0, 0.1) is 11.8 Å². The van der Waals surface area contributed by atoms with Gasteiger partial charge in [0.15, 0.2) is 11.5 Å². The zero-order chi connectivity index (χ0) is 52.0. The van der Waals surface area contributed by atoms with Crippen LogP contribution in [0.15, 0.2) is 122 Å². The fourth-order valence-electron chi connectivity index (χ4n) is 9.14. The number of aliphatic hydroxyl groups is 2. The lowest BCUT2D eigenvalue weighted by molar-refractivity contribution is 0.0691. The van der Waals surface area contributed by atoms with E-state index in [9.17, 15) is 19.8 Å². The number of rotatable bonds is 16. The summed E-state index contributed by atoms with van der Waals surface area (Å²) in [5.41, 5.74) is 16.8. The van der Waals surface area contributed by atoms with E-state index in [4.69, 9.17) is 10.8 Å². The second kappa shape index (κ2) is 26.7. The summed E-state index contributed by atoms with van der Waals surface area (Å²) in [6.45, 7) is 15.7. The number of benzene rings is 2. The van der Waals surface area contributed by atoms with E-state index in [-0.39, 0.29) is 17.9 Å². The standard InChI is InChI=1S/C28H33N5O2.C15H16N4O2.C12H18N2O.I2/c1-20(2)14-33-17-24(13-29-33)23-7-10-28-30-26(19-32(28)16-23)27(35)9-8-25(34)18-31-12-11-21-5-3-4-6-22(21)15-31;1-10(2)6-19-8-12(5-16-19)11-3-4-14-17-13(15(20)21)9-18(14)7-11;13-7-12(15)9-14-6-5-10-3-1-2-4-11(10)8-14;1-2/h3-7,10,13,16-17,19-20,25,34H,8-9,11-12,14-15,18H2,1-2H3;3-5,7-10H,6H2,1-2H3,(H,20,21);1-4,12,15H,5-9,13H2;/t25-;;12-;/m1.1./s1. The van der Waals surface area contributed by atoms with Crippen LogP contribution in [0.2, 0.25) is 0 Å². The molecule has 0 aliphatic carbocycles. The Morgan fingerprint density at radius 1 is 0.589 bits per heavy atom. The molecule has 5 N–H and O–H groups in total. The number of β-amino-alcohol motifs (C(OH)–C–C–N with tert-alkyl or cyclic N) is 2. The van der Waals surface area contributed by atoms with Crippen molar-refractivity contribution >= 4 is 60.3 Å². The largest absolute Gasteiger partial charge is 0.476 e. The first kappa shape index (κ1) is 55.4. The number of imidazole rings is 2. The van der Waals surface area contributed by atoms with Gasteiger partial charge in [-0.2, -0.15) is 10.2 Å². The number of aromatic carboxylic acids is 1. The quantitative estimate of drug-likeness (QED) is 0.0530. The van der Waals surface area contributed by atoms with Gasteiger partial charge >= 0.3 is 5.97 Å². The third-order valence-corrected chi connectivity index (χ3v) is 12.8. The molecule has 2 aromatic carbocycles. The maximum absolute atomic E-state index is 12.8. The molecule has 2 aliphatic rings. The summed E-state index contributed by atoms with van der Waals surface area (Å²) in [5, 5.41) is 37.8. The number of carbonyl (C=O) groups is 2. The average Bonchev–Trinajstić information content (AvgIpc) is 4.23. The molecule has 8 heterocycles. The molecule has 18 heteroatoms. The molecule has 0 saturated carbocycles. The van der Waals surface area contributed by atoms with Gasteiger partial charge in [0.25, 0.3) is 0 Å². The number of pyridine rings is 2. The Bertz CT molecular complexity index is 3050. The van der Waals surface area contributed by atoms with Gasteiger partial charge in [-0.3, -0.25) is 24.0 Å². The number of carboxylic acids is 1. The fourth-order valence-corrected chi connectivity index (χ4v) is 9.14. The second-order valence-corrected chi connectivity index (χ2v) is 19.6. The maximum Gasteiger partial charge on any atom is 0.356 e. The predicted octanol–water partition coefficient (Wildman–Crippen LogP) is 8.92. The third-order valence-electron chi connectivity index (χ3n) is 12.8. The molecule has 0 saturated heterocycles. The normalized spacial score (nSPS) is 14.3. The number of hydrogen-bond donors (Lipinski definition) is 4. The summed E-state index contributed by atoms with van der Waals surface area (Å²) in [6, 6.07) is 24.7. The fraction of sp³-hybridized carbons (Fsp3) is 0.382. The minimum Gasteiger partial charge on any atom is -0.476 e. The molecule has 8 aromatic rings. The molecule has 10 rings (SSSR count). The number of carboxylic acid groups (broad SMARTS) is 1. The Morgan fingerprint density at radius 2 is 1.04 bits per heavy atom. The van der Waals surface area contributed by atoms with E-state index in [1.165, 1.54) is 28.5 Å². The highest BCUT2D eigenvalue weighted by Crippen LogP contribution is 2.24. The van der Waals surface area contributed by atoms with E-state index in [0.29, 0.717) is 49.2 Å². The van der Waals surface area contributed by atoms with Gasteiger partial charge in [0.05, 0.1) is 24.6 Å². The zero-order valence-corrected chi connectivity index (χ0v) is 46.3. The van der Waals surface area contributed by atoms with Gasteiger partial charge in [-0.05, 0) is 77.6 Å². The molecule has 0 bridgehead atoms. The van der Waals surface area contributed by atoms with Gasteiger partial charge in [0.1, 0.15) is 17.0 Å². The summed E-state index contributed by atoms with van der Waals surface area (Å²) in [5.74, 6) is 0.00240. The SMILES string of the molecule is CC(C)Cn1cc(-c2ccc3nc(C(=O)CC[C@@H](O)CN4CCc5ccccc5C4)cn3c2)cn1.CC(C)Cn1cc(-c2ccc3nc(C(=O)O)cn3c2)cn1.II.NC[C@@H](O)CN1CCc2ccccc2C1. The van der Waals surface area contributed by atoms with Crippen molar-refractivity contribution in [3.63, 3.8) is 0 Å².